The first-order valence-corrected chi connectivity index (χ1v) is 5.25. The molecule has 3 nitrogen and oxygen atoms in total. The molecule has 0 aliphatic rings. The van der Waals surface area contributed by atoms with Crippen molar-refractivity contribution in [2.45, 2.75) is 18.6 Å². The third-order valence-corrected chi connectivity index (χ3v) is 2.41. The molecule has 1 rings (SSSR count). The monoisotopic (exact) mass is 250 g/mol. The predicted octanol–water partition coefficient (Wildman–Crippen LogP) is 1.38. The van der Waals surface area contributed by atoms with Gasteiger partial charge in [0.2, 0.25) is 0 Å². The summed E-state index contributed by atoms with van der Waals surface area (Å²) in [4.78, 5) is 0. The van der Waals surface area contributed by atoms with Crippen molar-refractivity contribution in [3.8, 4) is 5.75 Å². The van der Waals surface area contributed by atoms with Crippen molar-refractivity contribution < 1.29 is 24.1 Å². The quantitative estimate of drug-likeness (QED) is 0.611. The molecule has 0 saturated carbocycles. The van der Waals surface area contributed by atoms with Gasteiger partial charge in [-0.2, -0.15) is 12.6 Å². The zero-order valence-electron chi connectivity index (χ0n) is 8.27. The number of phenols is 1. The van der Waals surface area contributed by atoms with Gasteiger partial charge in [0.25, 0.3) is 0 Å². The Bertz CT molecular complexity index is 350. The third-order valence-electron chi connectivity index (χ3n) is 2.15. The van der Waals surface area contributed by atoms with Crippen LogP contribution in [-0.4, -0.2) is 27.2 Å². The van der Waals surface area contributed by atoms with Crippen molar-refractivity contribution in [1.82, 2.24) is 0 Å². The van der Waals surface area contributed by atoms with Gasteiger partial charge in [-0.25, -0.2) is 8.78 Å². The number of aromatic hydroxyl groups is 1. The average molecular weight is 250 g/mol. The highest BCUT2D eigenvalue weighted by molar-refractivity contribution is 7.80. The molecule has 0 heterocycles. The van der Waals surface area contributed by atoms with Crippen LogP contribution in [0.25, 0.3) is 0 Å². The van der Waals surface area contributed by atoms with E-state index in [1.54, 1.807) is 0 Å². The van der Waals surface area contributed by atoms with Crippen molar-refractivity contribution >= 4 is 12.6 Å². The van der Waals surface area contributed by atoms with E-state index in [4.69, 9.17) is 5.11 Å². The Labute approximate surface area is 96.8 Å². The van der Waals surface area contributed by atoms with Gasteiger partial charge in [-0.05, 0) is 12.2 Å². The maximum Gasteiger partial charge on any atom is 0.135 e. The number of phenolic OH excluding ortho intramolecular Hbond substituents is 1. The highest BCUT2D eigenvalue weighted by Crippen LogP contribution is 2.28. The maximum absolute atomic E-state index is 13.3. The first-order valence-electron chi connectivity index (χ1n) is 4.62. The third kappa shape index (κ3) is 2.84. The second kappa shape index (κ2) is 5.47. The van der Waals surface area contributed by atoms with Gasteiger partial charge >= 0.3 is 0 Å². The van der Waals surface area contributed by atoms with E-state index in [1.165, 1.54) is 0 Å². The molecule has 0 amide bonds. The number of aliphatic hydroxyl groups is 2. The number of benzene rings is 1. The molecule has 0 aliphatic heterocycles. The Morgan fingerprint density at radius 3 is 2.12 bits per heavy atom. The fraction of sp³-hybridized carbons (Fsp3) is 0.400. The number of hydrogen-bond acceptors (Lipinski definition) is 4. The lowest BCUT2D eigenvalue weighted by molar-refractivity contribution is 0.0129. The molecule has 0 bridgehead atoms. The van der Waals surface area contributed by atoms with Crippen LogP contribution >= 0.6 is 12.6 Å². The van der Waals surface area contributed by atoms with E-state index in [0.29, 0.717) is 12.1 Å². The van der Waals surface area contributed by atoms with Crippen LogP contribution in [0.15, 0.2) is 12.1 Å². The van der Waals surface area contributed by atoms with Crippen LogP contribution in [0.2, 0.25) is 0 Å². The van der Waals surface area contributed by atoms with Crippen LogP contribution in [0.5, 0.6) is 5.75 Å². The first-order chi connectivity index (χ1) is 7.47. The number of hydrogen-bond donors (Lipinski definition) is 4. The zero-order chi connectivity index (χ0) is 12.3. The molecule has 16 heavy (non-hydrogen) atoms. The molecule has 2 unspecified atom stereocenters. The van der Waals surface area contributed by atoms with Crippen LogP contribution in [0, 0.1) is 11.6 Å². The fourth-order valence-corrected chi connectivity index (χ4v) is 1.60. The van der Waals surface area contributed by atoms with Gasteiger partial charge in [-0.15, -0.1) is 0 Å². The van der Waals surface area contributed by atoms with Gasteiger partial charge in [-0.1, -0.05) is 0 Å². The summed E-state index contributed by atoms with van der Waals surface area (Å²) < 4.78 is 26.5. The SMILES string of the molecule is Oc1cc(F)c(C(O)C(O)CCS)c(F)c1. The Morgan fingerprint density at radius 1 is 1.19 bits per heavy atom. The van der Waals surface area contributed by atoms with E-state index in [0.717, 1.165) is 0 Å². The molecule has 3 N–H and O–H groups in total. The second-order valence-electron chi connectivity index (χ2n) is 3.35. The molecule has 2 atom stereocenters. The van der Waals surface area contributed by atoms with Crippen molar-refractivity contribution in [2.24, 2.45) is 0 Å². The summed E-state index contributed by atoms with van der Waals surface area (Å²) in [6, 6.07) is 1.35. The Balaban J connectivity index is 3.03. The summed E-state index contributed by atoms with van der Waals surface area (Å²) in [7, 11) is 0. The molecular weight excluding hydrogens is 238 g/mol. The van der Waals surface area contributed by atoms with Gasteiger partial charge in [0, 0.05) is 12.1 Å². The van der Waals surface area contributed by atoms with Crippen molar-refractivity contribution in [3.63, 3.8) is 0 Å². The molecule has 0 radical (unpaired) electrons. The van der Waals surface area contributed by atoms with E-state index in [2.05, 4.69) is 12.6 Å². The van der Waals surface area contributed by atoms with Crippen LogP contribution in [0.3, 0.4) is 0 Å². The number of aliphatic hydroxyl groups excluding tert-OH is 2. The van der Waals surface area contributed by atoms with Gasteiger partial charge in [-0.3, -0.25) is 0 Å². The summed E-state index contributed by atoms with van der Waals surface area (Å²) in [6.45, 7) is 0. The van der Waals surface area contributed by atoms with E-state index in [1.807, 2.05) is 0 Å². The molecular formula is C10H12F2O3S. The van der Waals surface area contributed by atoms with E-state index < -0.39 is 35.2 Å². The Morgan fingerprint density at radius 2 is 1.69 bits per heavy atom. The normalized spacial score (nSPS) is 14.8. The largest absolute Gasteiger partial charge is 0.508 e. The topological polar surface area (TPSA) is 60.7 Å². The summed E-state index contributed by atoms with van der Waals surface area (Å²) in [5, 5.41) is 27.8. The van der Waals surface area contributed by atoms with Crippen molar-refractivity contribution in [2.75, 3.05) is 5.75 Å². The summed E-state index contributed by atoms with van der Waals surface area (Å²) in [6.07, 6.45) is -2.87. The minimum absolute atomic E-state index is 0.101. The minimum atomic E-state index is -1.67. The Kier molecular flexibility index (Phi) is 4.52. The standard InChI is InChI=1S/C10H12F2O3S/c11-6-3-5(13)4-7(12)9(6)10(15)8(14)1-2-16/h3-4,8,10,13-16H,1-2H2. The molecule has 1 aromatic carbocycles. The highest BCUT2D eigenvalue weighted by Gasteiger charge is 2.25. The molecule has 0 fully saturated rings. The van der Waals surface area contributed by atoms with Crippen LogP contribution in [0.4, 0.5) is 8.78 Å². The van der Waals surface area contributed by atoms with Gasteiger partial charge in [0.15, 0.2) is 0 Å². The number of thiol groups is 1. The minimum Gasteiger partial charge on any atom is -0.508 e. The molecule has 0 aliphatic carbocycles. The molecule has 90 valence electrons. The highest BCUT2D eigenvalue weighted by atomic mass is 32.1. The number of rotatable bonds is 4. The van der Waals surface area contributed by atoms with Crippen LogP contribution < -0.4 is 0 Å². The van der Waals surface area contributed by atoms with Crippen molar-refractivity contribution in [1.29, 1.82) is 0 Å². The zero-order valence-corrected chi connectivity index (χ0v) is 9.16. The molecule has 6 heteroatoms. The molecule has 0 saturated heterocycles. The van der Waals surface area contributed by atoms with Crippen molar-refractivity contribution in [3.05, 3.63) is 29.3 Å². The lowest BCUT2D eigenvalue weighted by Crippen LogP contribution is -2.21. The summed E-state index contributed by atoms with van der Waals surface area (Å²) in [5.74, 6) is -2.49. The predicted molar refractivity (Wildman–Crippen MR) is 57.5 cm³/mol. The summed E-state index contributed by atoms with van der Waals surface area (Å²) in [5.41, 5.74) is -0.646. The summed E-state index contributed by atoms with van der Waals surface area (Å²) >= 11 is 3.84. The number of halogens is 2. The fourth-order valence-electron chi connectivity index (χ4n) is 1.34. The van der Waals surface area contributed by atoms with Gasteiger partial charge in [0.05, 0.1) is 11.7 Å². The maximum atomic E-state index is 13.3. The molecule has 1 aromatic rings. The smallest absolute Gasteiger partial charge is 0.135 e. The lowest BCUT2D eigenvalue weighted by Gasteiger charge is -2.18. The Hall–Kier alpha value is -0.850. The average Bonchev–Trinajstić information content (AvgIpc) is 2.16. The molecule has 0 spiro atoms. The van der Waals surface area contributed by atoms with E-state index in [9.17, 15) is 19.0 Å². The first kappa shape index (κ1) is 13.2. The van der Waals surface area contributed by atoms with E-state index >= 15 is 0 Å². The lowest BCUT2D eigenvalue weighted by atomic mass is 10.0. The van der Waals surface area contributed by atoms with E-state index in [-0.39, 0.29) is 12.2 Å². The van der Waals surface area contributed by atoms with Crippen LogP contribution in [0.1, 0.15) is 18.1 Å². The van der Waals surface area contributed by atoms with Crippen LogP contribution in [-0.2, 0) is 0 Å². The van der Waals surface area contributed by atoms with Gasteiger partial charge in [0.1, 0.15) is 23.5 Å². The molecule has 0 aromatic heterocycles. The second-order valence-corrected chi connectivity index (χ2v) is 3.79. The van der Waals surface area contributed by atoms with Gasteiger partial charge < -0.3 is 15.3 Å².